The summed E-state index contributed by atoms with van der Waals surface area (Å²) in [6, 6.07) is 15.6. The molecule has 0 saturated heterocycles. The van der Waals surface area contributed by atoms with E-state index in [0.717, 1.165) is 22.6 Å². The van der Waals surface area contributed by atoms with Crippen molar-refractivity contribution in [2.75, 3.05) is 5.32 Å². The molecular formula is C16H13Cl2N3. The second-order valence-electron chi connectivity index (χ2n) is 4.68. The number of aryl methyl sites for hydroxylation is 1. The van der Waals surface area contributed by atoms with Crippen LogP contribution in [0.15, 0.2) is 54.7 Å². The Balaban J connectivity index is 1.94. The molecule has 0 unspecified atom stereocenters. The summed E-state index contributed by atoms with van der Waals surface area (Å²) in [5.41, 5.74) is 3.81. The van der Waals surface area contributed by atoms with E-state index in [1.165, 1.54) is 0 Å². The van der Waals surface area contributed by atoms with E-state index in [0.29, 0.717) is 10.0 Å². The van der Waals surface area contributed by atoms with Gasteiger partial charge >= 0.3 is 0 Å². The van der Waals surface area contributed by atoms with Crippen molar-refractivity contribution in [3.63, 3.8) is 0 Å². The molecule has 0 radical (unpaired) electrons. The maximum absolute atomic E-state index is 6.19. The van der Waals surface area contributed by atoms with Gasteiger partial charge in [-0.3, -0.25) is 4.68 Å². The Bertz CT molecular complexity index is 761. The van der Waals surface area contributed by atoms with E-state index in [1.807, 2.05) is 55.6 Å². The van der Waals surface area contributed by atoms with Crippen LogP contribution in [-0.2, 0) is 7.05 Å². The van der Waals surface area contributed by atoms with Gasteiger partial charge in [0.05, 0.1) is 16.9 Å². The largest absolute Gasteiger partial charge is 0.355 e. The van der Waals surface area contributed by atoms with Crippen LogP contribution in [0.1, 0.15) is 0 Å². The highest BCUT2D eigenvalue weighted by Gasteiger charge is 2.09. The predicted molar refractivity (Wildman–Crippen MR) is 88.4 cm³/mol. The van der Waals surface area contributed by atoms with Gasteiger partial charge in [0.25, 0.3) is 0 Å². The lowest BCUT2D eigenvalue weighted by Gasteiger charge is -2.09. The zero-order valence-electron chi connectivity index (χ0n) is 11.3. The first-order valence-electron chi connectivity index (χ1n) is 6.44. The van der Waals surface area contributed by atoms with Crippen molar-refractivity contribution in [3.8, 4) is 11.3 Å². The molecule has 1 aromatic heterocycles. The Hall–Kier alpha value is -1.97. The van der Waals surface area contributed by atoms with E-state index in [4.69, 9.17) is 23.2 Å². The maximum atomic E-state index is 6.19. The first-order chi connectivity index (χ1) is 10.1. The highest BCUT2D eigenvalue weighted by Crippen LogP contribution is 2.30. The lowest BCUT2D eigenvalue weighted by atomic mass is 10.1. The van der Waals surface area contributed by atoms with Crippen LogP contribution < -0.4 is 5.32 Å². The number of aromatic nitrogens is 2. The Morgan fingerprint density at radius 3 is 2.38 bits per heavy atom. The number of nitrogens with one attached hydrogen (secondary N) is 1. The number of nitrogens with zero attached hydrogens (tertiary/aromatic N) is 2. The van der Waals surface area contributed by atoms with Crippen LogP contribution in [0.25, 0.3) is 11.3 Å². The van der Waals surface area contributed by atoms with Crippen molar-refractivity contribution < 1.29 is 0 Å². The lowest BCUT2D eigenvalue weighted by Crippen LogP contribution is -1.95. The molecule has 5 heteroatoms. The Labute approximate surface area is 133 Å². The van der Waals surface area contributed by atoms with E-state index in [-0.39, 0.29) is 0 Å². The third kappa shape index (κ3) is 3.04. The zero-order chi connectivity index (χ0) is 14.8. The average Bonchev–Trinajstić information content (AvgIpc) is 2.78. The molecule has 0 aliphatic carbocycles. The molecule has 0 saturated carbocycles. The van der Waals surface area contributed by atoms with Crippen LogP contribution in [0.2, 0.25) is 10.0 Å². The summed E-state index contributed by atoms with van der Waals surface area (Å²) >= 11 is 12.2. The van der Waals surface area contributed by atoms with Crippen molar-refractivity contribution >= 4 is 34.6 Å². The molecule has 3 rings (SSSR count). The normalized spacial score (nSPS) is 10.6. The van der Waals surface area contributed by atoms with Crippen molar-refractivity contribution in [2.45, 2.75) is 0 Å². The second-order valence-corrected chi connectivity index (χ2v) is 5.52. The molecule has 0 atom stereocenters. The smallest absolute Gasteiger partial charge is 0.0866 e. The molecule has 0 aliphatic heterocycles. The van der Waals surface area contributed by atoms with Crippen molar-refractivity contribution in [2.24, 2.45) is 7.05 Å². The number of anilines is 2. The minimum Gasteiger partial charge on any atom is -0.355 e. The first kappa shape index (κ1) is 14.0. The molecule has 0 spiro atoms. The SMILES string of the molecule is Cn1ncc(Cl)c1-c1cccc(Nc2cccc(Cl)c2)c1. The van der Waals surface area contributed by atoms with Crippen LogP contribution >= 0.6 is 23.2 Å². The topological polar surface area (TPSA) is 29.9 Å². The third-order valence-electron chi connectivity index (χ3n) is 3.14. The van der Waals surface area contributed by atoms with Gasteiger partial charge in [-0.2, -0.15) is 5.10 Å². The van der Waals surface area contributed by atoms with Crippen LogP contribution in [0.5, 0.6) is 0 Å². The minimum absolute atomic E-state index is 0.636. The van der Waals surface area contributed by atoms with Crippen LogP contribution in [0.3, 0.4) is 0 Å². The van der Waals surface area contributed by atoms with E-state index in [9.17, 15) is 0 Å². The van der Waals surface area contributed by atoms with Crippen molar-refractivity contribution in [3.05, 3.63) is 64.8 Å². The van der Waals surface area contributed by atoms with Gasteiger partial charge in [-0.1, -0.05) is 41.4 Å². The summed E-state index contributed by atoms with van der Waals surface area (Å²) in [5, 5.41) is 8.83. The number of hydrogen-bond donors (Lipinski definition) is 1. The predicted octanol–water partition coefficient (Wildman–Crippen LogP) is 5.14. The summed E-state index contributed by atoms with van der Waals surface area (Å²) in [6.07, 6.45) is 1.65. The summed E-state index contributed by atoms with van der Waals surface area (Å²) in [6.45, 7) is 0. The number of halogens is 2. The standard InChI is InChI=1S/C16H13Cl2N3/c1-21-16(15(18)10-19-21)11-4-2-6-13(8-11)20-14-7-3-5-12(17)9-14/h2-10,20H,1H3. The third-order valence-corrected chi connectivity index (χ3v) is 3.66. The molecule has 2 aromatic carbocycles. The second kappa shape index (κ2) is 5.80. The monoisotopic (exact) mass is 317 g/mol. The lowest BCUT2D eigenvalue weighted by molar-refractivity contribution is 0.776. The average molecular weight is 318 g/mol. The Morgan fingerprint density at radius 2 is 1.71 bits per heavy atom. The maximum Gasteiger partial charge on any atom is 0.0866 e. The fourth-order valence-corrected chi connectivity index (χ4v) is 2.68. The number of rotatable bonds is 3. The fourth-order valence-electron chi connectivity index (χ4n) is 2.21. The zero-order valence-corrected chi connectivity index (χ0v) is 12.9. The van der Waals surface area contributed by atoms with Gasteiger partial charge in [0.1, 0.15) is 0 Å². The van der Waals surface area contributed by atoms with Crippen molar-refractivity contribution in [1.82, 2.24) is 9.78 Å². The molecule has 0 amide bonds. The summed E-state index contributed by atoms with van der Waals surface area (Å²) < 4.78 is 1.76. The van der Waals surface area contributed by atoms with Gasteiger partial charge in [-0.05, 0) is 30.3 Å². The first-order valence-corrected chi connectivity index (χ1v) is 7.19. The van der Waals surface area contributed by atoms with Gasteiger partial charge < -0.3 is 5.32 Å². The van der Waals surface area contributed by atoms with Crippen LogP contribution in [0, 0.1) is 0 Å². The molecule has 1 heterocycles. The quantitative estimate of drug-likeness (QED) is 0.725. The van der Waals surface area contributed by atoms with Crippen LogP contribution in [0.4, 0.5) is 11.4 Å². The minimum atomic E-state index is 0.636. The molecule has 1 N–H and O–H groups in total. The van der Waals surface area contributed by atoms with E-state index < -0.39 is 0 Å². The molecular weight excluding hydrogens is 305 g/mol. The molecule has 0 bridgehead atoms. The van der Waals surface area contributed by atoms with Gasteiger partial charge in [-0.25, -0.2) is 0 Å². The molecule has 106 valence electrons. The molecule has 0 fully saturated rings. The van der Waals surface area contributed by atoms with Crippen molar-refractivity contribution in [1.29, 1.82) is 0 Å². The molecule has 0 aliphatic rings. The summed E-state index contributed by atoms with van der Waals surface area (Å²) in [5.74, 6) is 0. The van der Waals surface area contributed by atoms with E-state index in [1.54, 1.807) is 10.9 Å². The van der Waals surface area contributed by atoms with Gasteiger partial charge in [-0.15, -0.1) is 0 Å². The summed E-state index contributed by atoms with van der Waals surface area (Å²) in [7, 11) is 1.87. The number of hydrogen-bond acceptors (Lipinski definition) is 2. The van der Waals surface area contributed by atoms with Gasteiger partial charge in [0.15, 0.2) is 0 Å². The highest BCUT2D eigenvalue weighted by molar-refractivity contribution is 6.33. The van der Waals surface area contributed by atoms with E-state index >= 15 is 0 Å². The fraction of sp³-hybridized carbons (Fsp3) is 0.0625. The van der Waals surface area contributed by atoms with E-state index in [2.05, 4.69) is 10.4 Å². The Morgan fingerprint density at radius 1 is 1.00 bits per heavy atom. The molecule has 21 heavy (non-hydrogen) atoms. The molecule has 3 aromatic rings. The summed E-state index contributed by atoms with van der Waals surface area (Å²) in [4.78, 5) is 0. The number of benzene rings is 2. The van der Waals surface area contributed by atoms with Gasteiger partial charge in [0, 0.05) is 29.0 Å². The van der Waals surface area contributed by atoms with Gasteiger partial charge in [0.2, 0.25) is 0 Å². The Kier molecular flexibility index (Phi) is 3.86. The van der Waals surface area contributed by atoms with Crippen LogP contribution in [-0.4, -0.2) is 9.78 Å². The molecule has 3 nitrogen and oxygen atoms in total. The highest BCUT2D eigenvalue weighted by atomic mass is 35.5.